The van der Waals surface area contributed by atoms with Crippen LogP contribution in [0.15, 0.2) is 36.9 Å². The van der Waals surface area contributed by atoms with Gasteiger partial charge < -0.3 is 10.3 Å². The third-order valence-corrected chi connectivity index (χ3v) is 3.29. The highest BCUT2D eigenvalue weighted by Gasteiger charge is 2.25. The fourth-order valence-electron chi connectivity index (χ4n) is 2.34. The number of nitrogens with zero attached hydrogens (tertiary/aromatic N) is 3. The lowest BCUT2D eigenvalue weighted by Gasteiger charge is -2.19. The van der Waals surface area contributed by atoms with Crippen molar-refractivity contribution >= 4 is 5.82 Å². The molecule has 0 aliphatic rings. The Morgan fingerprint density at radius 2 is 2.05 bits per heavy atom. The van der Waals surface area contributed by atoms with Gasteiger partial charge in [-0.1, -0.05) is 45.0 Å². The number of imidazole rings is 1. The topological polar surface area (TPSA) is 67.6 Å². The Kier molecular flexibility index (Phi) is 3.86. The zero-order valence-corrected chi connectivity index (χ0v) is 12.7. The normalized spacial score (nSPS) is 11.1. The number of allylic oxidation sites excluding steroid dienone is 1. The van der Waals surface area contributed by atoms with Crippen LogP contribution in [0.3, 0.4) is 0 Å². The van der Waals surface area contributed by atoms with Crippen molar-refractivity contribution in [3.05, 3.63) is 48.3 Å². The SMILES string of the molecule is C=CCn1c(C(C)(C)C)nc(-c2ccccc2C#N)c1N. The first kappa shape index (κ1) is 14.9. The second-order valence-corrected chi connectivity index (χ2v) is 5.98. The van der Waals surface area contributed by atoms with Crippen LogP contribution in [0.5, 0.6) is 0 Å². The van der Waals surface area contributed by atoms with E-state index in [4.69, 9.17) is 10.7 Å². The van der Waals surface area contributed by atoms with Crippen molar-refractivity contribution in [2.24, 2.45) is 0 Å². The summed E-state index contributed by atoms with van der Waals surface area (Å²) in [5.41, 5.74) is 8.16. The van der Waals surface area contributed by atoms with Gasteiger partial charge in [-0.15, -0.1) is 6.58 Å². The molecule has 0 aliphatic heterocycles. The Balaban J connectivity index is 2.72. The molecule has 0 spiro atoms. The number of aromatic nitrogens is 2. The van der Waals surface area contributed by atoms with Gasteiger partial charge in [0.1, 0.15) is 17.3 Å². The van der Waals surface area contributed by atoms with E-state index in [0.717, 1.165) is 11.4 Å². The average molecular weight is 280 g/mol. The third kappa shape index (κ3) is 2.68. The van der Waals surface area contributed by atoms with E-state index in [2.05, 4.69) is 33.4 Å². The maximum atomic E-state index is 9.27. The summed E-state index contributed by atoms with van der Waals surface area (Å²) in [5.74, 6) is 1.46. The van der Waals surface area contributed by atoms with Crippen molar-refractivity contribution in [2.75, 3.05) is 5.73 Å². The number of hydrogen-bond donors (Lipinski definition) is 1. The Bertz CT molecular complexity index is 711. The summed E-state index contributed by atoms with van der Waals surface area (Å²) in [7, 11) is 0. The van der Waals surface area contributed by atoms with Crippen molar-refractivity contribution in [1.29, 1.82) is 5.26 Å². The highest BCUT2D eigenvalue weighted by Crippen LogP contribution is 2.33. The summed E-state index contributed by atoms with van der Waals surface area (Å²) >= 11 is 0. The van der Waals surface area contributed by atoms with E-state index in [0.29, 0.717) is 23.6 Å². The number of nitrogen functional groups attached to an aromatic ring is 1. The lowest BCUT2D eigenvalue weighted by Crippen LogP contribution is -2.19. The van der Waals surface area contributed by atoms with Crippen molar-refractivity contribution in [3.8, 4) is 17.3 Å². The van der Waals surface area contributed by atoms with Crippen molar-refractivity contribution < 1.29 is 0 Å². The first-order valence-electron chi connectivity index (χ1n) is 6.87. The van der Waals surface area contributed by atoms with Crippen LogP contribution < -0.4 is 5.73 Å². The summed E-state index contributed by atoms with van der Waals surface area (Å²) in [6.07, 6.45) is 1.80. The molecule has 108 valence electrons. The van der Waals surface area contributed by atoms with Gasteiger partial charge in [-0.05, 0) is 6.07 Å². The molecule has 1 aromatic carbocycles. The van der Waals surface area contributed by atoms with Gasteiger partial charge in [0.2, 0.25) is 0 Å². The maximum Gasteiger partial charge on any atom is 0.132 e. The van der Waals surface area contributed by atoms with Crippen LogP contribution in [0.25, 0.3) is 11.3 Å². The minimum atomic E-state index is -0.142. The Hall–Kier alpha value is -2.54. The third-order valence-electron chi connectivity index (χ3n) is 3.29. The summed E-state index contributed by atoms with van der Waals surface area (Å²) in [4.78, 5) is 4.72. The second kappa shape index (κ2) is 5.45. The van der Waals surface area contributed by atoms with Gasteiger partial charge in [0, 0.05) is 17.5 Å². The minimum absolute atomic E-state index is 0.142. The fraction of sp³-hybridized carbons (Fsp3) is 0.294. The average Bonchev–Trinajstić information content (AvgIpc) is 2.77. The van der Waals surface area contributed by atoms with Crippen LogP contribution in [0.1, 0.15) is 32.2 Å². The molecule has 2 N–H and O–H groups in total. The first-order chi connectivity index (χ1) is 9.90. The monoisotopic (exact) mass is 280 g/mol. The van der Waals surface area contributed by atoms with Crippen LogP contribution >= 0.6 is 0 Å². The highest BCUT2D eigenvalue weighted by molar-refractivity contribution is 5.76. The predicted octanol–water partition coefficient (Wildman–Crippen LogP) is 3.49. The molecule has 0 atom stereocenters. The van der Waals surface area contributed by atoms with E-state index in [9.17, 15) is 5.26 Å². The molecule has 2 rings (SSSR count). The lowest BCUT2D eigenvalue weighted by atomic mass is 9.95. The summed E-state index contributed by atoms with van der Waals surface area (Å²) in [6, 6.07) is 9.57. The number of hydrogen-bond acceptors (Lipinski definition) is 3. The van der Waals surface area contributed by atoms with Crippen molar-refractivity contribution in [1.82, 2.24) is 9.55 Å². The molecule has 0 saturated carbocycles. The van der Waals surface area contributed by atoms with Gasteiger partial charge in [-0.3, -0.25) is 0 Å². The summed E-state index contributed by atoms with van der Waals surface area (Å²) < 4.78 is 1.95. The molecule has 4 nitrogen and oxygen atoms in total. The van der Waals surface area contributed by atoms with Gasteiger partial charge in [0.25, 0.3) is 0 Å². The Labute approximate surface area is 125 Å². The van der Waals surface area contributed by atoms with Crippen molar-refractivity contribution in [3.63, 3.8) is 0 Å². The molecular formula is C17H20N4. The first-order valence-corrected chi connectivity index (χ1v) is 6.87. The van der Waals surface area contributed by atoms with Gasteiger partial charge >= 0.3 is 0 Å². The van der Waals surface area contributed by atoms with E-state index in [1.807, 2.05) is 22.8 Å². The molecule has 4 heteroatoms. The molecular weight excluding hydrogens is 260 g/mol. The standard InChI is InChI=1S/C17H20N4/c1-5-10-21-15(19)14(20-16(21)17(2,3)4)13-9-7-6-8-12(13)11-18/h5-9H,1,10,19H2,2-4H3. The minimum Gasteiger partial charge on any atom is -0.383 e. The van der Waals surface area contributed by atoms with Crippen LogP contribution in [-0.2, 0) is 12.0 Å². The van der Waals surface area contributed by atoms with Crippen LogP contribution in [0, 0.1) is 11.3 Å². The Morgan fingerprint density at radius 1 is 1.38 bits per heavy atom. The van der Waals surface area contributed by atoms with E-state index in [1.165, 1.54) is 0 Å². The number of anilines is 1. The quantitative estimate of drug-likeness (QED) is 0.875. The molecule has 0 radical (unpaired) electrons. The lowest BCUT2D eigenvalue weighted by molar-refractivity contribution is 0.515. The largest absolute Gasteiger partial charge is 0.383 e. The molecule has 2 aromatic rings. The smallest absolute Gasteiger partial charge is 0.132 e. The van der Waals surface area contributed by atoms with Gasteiger partial charge in [0.05, 0.1) is 11.6 Å². The summed E-state index contributed by atoms with van der Waals surface area (Å²) in [6.45, 7) is 10.7. The van der Waals surface area contributed by atoms with E-state index < -0.39 is 0 Å². The molecule has 1 heterocycles. The maximum absolute atomic E-state index is 9.27. The van der Waals surface area contributed by atoms with Crippen LogP contribution in [0.2, 0.25) is 0 Å². The Morgan fingerprint density at radius 3 is 2.62 bits per heavy atom. The van der Waals surface area contributed by atoms with E-state index in [1.54, 1.807) is 12.1 Å². The molecule has 0 saturated heterocycles. The molecule has 0 fully saturated rings. The molecule has 0 unspecified atom stereocenters. The van der Waals surface area contributed by atoms with Crippen LogP contribution in [-0.4, -0.2) is 9.55 Å². The summed E-state index contributed by atoms with van der Waals surface area (Å²) in [5, 5.41) is 9.27. The number of benzene rings is 1. The molecule has 0 amide bonds. The molecule has 0 bridgehead atoms. The van der Waals surface area contributed by atoms with E-state index in [-0.39, 0.29) is 5.41 Å². The van der Waals surface area contributed by atoms with Crippen molar-refractivity contribution in [2.45, 2.75) is 32.7 Å². The molecule has 21 heavy (non-hydrogen) atoms. The number of nitrogens with two attached hydrogens (primary N) is 1. The van der Waals surface area contributed by atoms with Crippen LogP contribution in [0.4, 0.5) is 5.82 Å². The predicted molar refractivity (Wildman–Crippen MR) is 85.7 cm³/mol. The molecule has 0 aliphatic carbocycles. The van der Waals surface area contributed by atoms with E-state index >= 15 is 0 Å². The number of rotatable bonds is 3. The fourth-order valence-corrected chi connectivity index (χ4v) is 2.34. The molecule has 1 aromatic heterocycles. The zero-order chi connectivity index (χ0) is 15.6. The highest BCUT2D eigenvalue weighted by atomic mass is 15.1. The zero-order valence-electron chi connectivity index (χ0n) is 12.7. The van der Waals surface area contributed by atoms with Gasteiger partial charge in [0.15, 0.2) is 0 Å². The van der Waals surface area contributed by atoms with Gasteiger partial charge in [-0.2, -0.15) is 5.26 Å². The second-order valence-electron chi connectivity index (χ2n) is 5.98. The van der Waals surface area contributed by atoms with Gasteiger partial charge in [-0.25, -0.2) is 4.98 Å². The number of nitriles is 1.